The van der Waals surface area contributed by atoms with Crippen molar-refractivity contribution in [3.05, 3.63) is 0 Å². The zero-order chi connectivity index (χ0) is 18.3. The van der Waals surface area contributed by atoms with Gasteiger partial charge in [0.25, 0.3) is 0 Å². The van der Waals surface area contributed by atoms with E-state index in [0.717, 1.165) is 0 Å². The first-order valence-electron chi connectivity index (χ1n) is 8.13. The Labute approximate surface area is 163 Å². The van der Waals surface area contributed by atoms with Gasteiger partial charge in [-0.2, -0.15) is 0 Å². The lowest BCUT2D eigenvalue weighted by atomic mass is 9.82. The topological polar surface area (TPSA) is 149 Å². The van der Waals surface area contributed by atoms with E-state index >= 15 is 0 Å². The average molecular weight is 417 g/mol. The summed E-state index contributed by atoms with van der Waals surface area (Å²) in [7, 11) is 0. The number of carboxylic acids is 4. The molecule has 26 heavy (non-hydrogen) atoms. The molecule has 0 atom stereocenters. The SMILES string of the molecule is Cl.Cl.O=C(O)C1CCC(C(=O)O)CC1.O=C(O)C1CCC(C(=O)O)CC1. The van der Waals surface area contributed by atoms with Crippen molar-refractivity contribution in [3.8, 4) is 0 Å². The predicted molar refractivity (Wildman–Crippen MR) is 95.9 cm³/mol. The summed E-state index contributed by atoms with van der Waals surface area (Å²) in [5.74, 6) is -4.45. The summed E-state index contributed by atoms with van der Waals surface area (Å²) in [5, 5.41) is 34.5. The molecule has 152 valence electrons. The van der Waals surface area contributed by atoms with Crippen LogP contribution in [0.4, 0.5) is 0 Å². The zero-order valence-corrected chi connectivity index (χ0v) is 15.8. The first kappa shape index (κ1) is 26.7. The maximum absolute atomic E-state index is 10.5. The summed E-state index contributed by atoms with van der Waals surface area (Å²) in [5.41, 5.74) is 0. The number of aliphatic carboxylic acids is 4. The molecule has 2 fully saturated rings. The molecule has 0 bridgehead atoms. The van der Waals surface area contributed by atoms with Gasteiger partial charge in [0.1, 0.15) is 0 Å². The van der Waals surface area contributed by atoms with Crippen LogP contribution in [0.2, 0.25) is 0 Å². The second kappa shape index (κ2) is 12.8. The number of hydrogen-bond acceptors (Lipinski definition) is 4. The summed E-state index contributed by atoms with van der Waals surface area (Å²) < 4.78 is 0. The van der Waals surface area contributed by atoms with Crippen molar-refractivity contribution in [1.29, 1.82) is 0 Å². The van der Waals surface area contributed by atoms with Crippen molar-refractivity contribution in [3.63, 3.8) is 0 Å². The minimum absolute atomic E-state index is 0. The van der Waals surface area contributed by atoms with E-state index in [0.29, 0.717) is 51.4 Å². The molecular formula is C16H26Cl2O8. The van der Waals surface area contributed by atoms with Crippen molar-refractivity contribution in [2.24, 2.45) is 23.7 Å². The largest absolute Gasteiger partial charge is 0.481 e. The standard InChI is InChI=1S/2C8H12O4.2ClH/c2*9-7(10)5-1-2-6(4-3-5)8(11)12;;/h2*5-6H,1-4H2,(H,9,10)(H,11,12);2*1H. The molecule has 0 aromatic carbocycles. The van der Waals surface area contributed by atoms with Gasteiger partial charge in [0.05, 0.1) is 23.7 Å². The number of hydrogen-bond donors (Lipinski definition) is 4. The quantitative estimate of drug-likeness (QED) is 0.546. The van der Waals surface area contributed by atoms with Crippen molar-refractivity contribution in [2.75, 3.05) is 0 Å². The van der Waals surface area contributed by atoms with Crippen LogP contribution in [0.1, 0.15) is 51.4 Å². The van der Waals surface area contributed by atoms with Gasteiger partial charge in [-0.15, -0.1) is 24.8 Å². The molecule has 0 heterocycles. The Bertz CT molecular complexity index is 393. The number of carbonyl (C=O) groups is 4. The Kier molecular flexibility index (Phi) is 13.1. The van der Waals surface area contributed by atoms with Crippen LogP contribution in [0, 0.1) is 23.7 Å². The molecular weight excluding hydrogens is 391 g/mol. The Morgan fingerprint density at radius 2 is 0.538 bits per heavy atom. The Balaban J connectivity index is 0. The summed E-state index contributed by atoms with van der Waals surface area (Å²) in [6, 6.07) is 0. The second-order valence-corrected chi connectivity index (χ2v) is 6.45. The molecule has 0 aromatic rings. The minimum atomic E-state index is -0.793. The van der Waals surface area contributed by atoms with E-state index in [-0.39, 0.29) is 48.5 Å². The van der Waals surface area contributed by atoms with Gasteiger partial charge in [-0.3, -0.25) is 19.2 Å². The molecule has 0 unspecified atom stereocenters. The highest BCUT2D eigenvalue weighted by Crippen LogP contribution is 2.29. The fourth-order valence-electron chi connectivity index (χ4n) is 3.17. The van der Waals surface area contributed by atoms with Crippen LogP contribution in [-0.2, 0) is 19.2 Å². The van der Waals surface area contributed by atoms with Crippen LogP contribution in [-0.4, -0.2) is 44.3 Å². The molecule has 2 aliphatic carbocycles. The maximum Gasteiger partial charge on any atom is 0.306 e. The third kappa shape index (κ3) is 8.71. The van der Waals surface area contributed by atoms with E-state index < -0.39 is 23.9 Å². The Hall–Kier alpha value is -1.54. The van der Waals surface area contributed by atoms with E-state index in [1.165, 1.54) is 0 Å². The van der Waals surface area contributed by atoms with E-state index in [9.17, 15) is 19.2 Å². The first-order valence-corrected chi connectivity index (χ1v) is 8.13. The number of carboxylic acid groups (broad SMARTS) is 4. The monoisotopic (exact) mass is 416 g/mol. The van der Waals surface area contributed by atoms with Gasteiger partial charge in [0, 0.05) is 0 Å². The molecule has 0 radical (unpaired) electrons. The summed E-state index contributed by atoms with van der Waals surface area (Å²) in [6.45, 7) is 0. The van der Waals surface area contributed by atoms with Crippen molar-refractivity contribution in [2.45, 2.75) is 51.4 Å². The van der Waals surface area contributed by atoms with Crippen LogP contribution in [0.5, 0.6) is 0 Å². The molecule has 0 amide bonds. The van der Waals surface area contributed by atoms with Crippen molar-refractivity contribution in [1.82, 2.24) is 0 Å². The van der Waals surface area contributed by atoms with Gasteiger partial charge in [-0.1, -0.05) is 0 Å². The smallest absolute Gasteiger partial charge is 0.306 e. The third-order valence-corrected chi connectivity index (χ3v) is 4.85. The summed E-state index contributed by atoms with van der Waals surface area (Å²) in [4.78, 5) is 41.9. The van der Waals surface area contributed by atoms with Crippen molar-refractivity contribution >= 4 is 48.7 Å². The average Bonchev–Trinajstić information content (AvgIpc) is 2.55. The van der Waals surface area contributed by atoms with Crippen LogP contribution >= 0.6 is 24.8 Å². The Morgan fingerprint density at radius 3 is 0.615 bits per heavy atom. The third-order valence-electron chi connectivity index (χ3n) is 4.85. The highest BCUT2D eigenvalue weighted by Gasteiger charge is 2.30. The second-order valence-electron chi connectivity index (χ2n) is 6.45. The zero-order valence-electron chi connectivity index (χ0n) is 14.2. The van der Waals surface area contributed by atoms with Crippen LogP contribution in [0.3, 0.4) is 0 Å². The summed E-state index contributed by atoms with van der Waals surface area (Å²) >= 11 is 0. The molecule has 8 nitrogen and oxygen atoms in total. The van der Waals surface area contributed by atoms with E-state index in [1.807, 2.05) is 0 Å². The van der Waals surface area contributed by atoms with E-state index in [2.05, 4.69) is 0 Å². The van der Waals surface area contributed by atoms with Gasteiger partial charge < -0.3 is 20.4 Å². The van der Waals surface area contributed by atoms with E-state index in [1.54, 1.807) is 0 Å². The highest BCUT2D eigenvalue weighted by molar-refractivity contribution is 5.85. The normalized spacial score (nSPS) is 27.4. The molecule has 0 spiro atoms. The first-order chi connectivity index (χ1) is 11.2. The predicted octanol–water partition coefficient (Wildman–Crippen LogP) is 2.77. The van der Waals surface area contributed by atoms with Crippen molar-refractivity contribution < 1.29 is 39.6 Å². The van der Waals surface area contributed by atoms with Gasteiger partial charge in [0.15, 0.2) is 0 Å². The fourth-order valence-corrected chi connectivity index (χ4v) is 3.17. The summed E-state index contributed by atoms with van der Waals surface area (Å²) in [6.07, 6.45) is 4.05. The van der Waals surface area contributed by atoms with Gasteiger partial charge in [0.2, 0.25) is 0 Å². The van der Waals surface area contributed by atoms with Gasteiger partial charge in [-0.25, -0.2) is 0 Å². The molecule has 2 rings (SSSR count). The molecule has 0 saturated heterocycles. The Morgan fingerprint density at radius 1 is 0.423 bits per heavy atom. The molecule has 2 aliphatic rings. The minimum Gasteiger partial charge on any atom is -0.481 e. The van der Waals surface area contributed by atoms with E-state index in [4.69, 9.17) is 20.4 Å². The fraction of sp³-hybridized carbons (Fsp3) is 0.750. The van der Waals surface area contributed by atoms with Gasteiger partial charge >= 0.3 is 23.9 Å². The molecule has 10 heteroatoms. The molecule has 2 saturated carbocycles. The lowest BCUT2D eigenvalue weighted by Gasteiger charge is -2.22. The molecule has 0 aliphatic heterocycles. The molecule has 0 aromatic heterocycles. The number of halogens is 2. The van der Waals surface area contributed by atoms with Gasteiger partial charge in [-0.05, 0) is 51.4 Å². The van der Waals surface area contributed by atoms with Crippen LogP contribution in [0.25, 0.3) is 0 Å². The number of rotatable bonds is 4. The van der Waals surface area contributed by atoms with Crippen LogP contribution in [0.15, 0.2) is 0 Å². The van der Waals surface area contributed by atoms with Crippen LogP contribution < -0.4 is 0 Å². The highest BCUT2D eigenvalue weighted by atomic mass is 35.5. The molecule has 4 N–H and O–H groups in total. The maximum atomic E-state index is 10.5. The lowest BCUT2D eigenvalue weighted by molar-refractivity contribution is -0.148. The lowest BCUT2D eigenvalue weighted by Crippen LogP contribution is -2.25.